The number of piperazine rings is 1. The summed E-state index contributed by atoms with van der Waals surface area (Å²) in [5.41, 5.74) is 2.44. The van der Waals surface area contributed by atoms with Crippen LogP contribution in [0.4, 0.5) is 0 Å². The van der Waals surface area contributed by atoms with Crippen molar-refractivity contribution in [1.29, 1.82) is 10.8 Å². The number of nitrogens with zero attached hydrogens (tertiary/aromatic N) is 3. The molecule has 33 heavy (non-hydrogen) atoms. The first kappa shape index (κ1) is 25.0. The van der Waals surface area contributed by atoms with Crippen molar-refractivity contribution in [3.63, 3.8) is 0 Å². The van der Waals surface area contributed by atoms with Crippen LogP contribution in [0.15, 0.2) is 29.3 Å². The highest BCUT2D eigenvalue weighted by molar-refractivity contribution is 6.39. The summed E-state index contributed by atoms with van der Waals surface area (Å²) in [7, 11) is 0. The van der Waals surface area contributed by atoms with E-state index in [0.717, 1.165) is 36.8 Å². The molecule has 0 spiro atoms. The molecule has 1 atom stereocenters. The summed E-state index contributed by atoms with van der Waals surface area (Å²) in [6, 6.07) is 8.30. The van der Waals surface area contributed by atoms with Gasteiger partial charge in [-0.3, -0.25) is 20.4 Å². The monoisotopic (exact) mass is 455 g/mol. The van der Waals surface area contributed by atoms with Gasteiger partial charge >= 0.3 is 0 Å². The molecule has 1 saturated carbocycles. The van der Waals surface area contributed by atoms with Crippen LogP contribution in [0, 0.1) is 17.7 Å². The molecule has 1 heterocycles. The van der Waals surface area contributed by atoms with Gasteiger partial charge in [0.1, 0.15) is 6.23 Å². The lowest BCUT2D eigenvalue weighted by Gasteiger charge is -2.35. The van der Waals surface area contributed by atoms with E-state index in [1.807, 2.05) is 36.1 Å². The maximum atomic E-state index is 12.5. The normalized spacial score (nSPS) is 23.1. The molecule has 2 aliphatic rings. The van der Waals surface area contributed by atoms with Crippen molar-refractivity contribution in [2.75, 3.05) is 32.7 Å². The number of amides is 1. The number of aliphatic imine (C=N–C) groups is 1. The number of hydrogen-bond donors (Lipinski definition) is 5. The zero-order valence-electron chi connectivity index (χ0n) is 19.7. The molecule has 180 valence electrons. The van der Waals surface area contributed by atoms with Crippen LogP contribution in [0.5, 0.6) is 0 Å². The van der Waals surface area contributed by atoms with Crippen molar-refractivity contribution in [2.24, 2.45) is 4.99 Å². The van der Waals surface area contributed by atoms with Crippen LogP contribution in [0.2, 0.25) is 0 Å². The Bertz CT molecular complexity index is 837. The Morgan fingerprint density at radius 3 is 2.33 bits per heavy atom. The maximum absolute atomic E-state index is 12.5. The highest BCUT2D eigenvalue weighted by atomic mass is 16.3. The summed E-state index contributed by atoms with van der Waals surface area (Å²) < 4.78 is 0. The van der Waals surface area contributed by atoms with Crippen molar-refractivity contribution in [2.45, 2.75) is 57.8 Å². The maximum Gasteiger partial charge on any atom is 0.234 e. The van der Waals surface area contributed by atoms with Gasteiger partial charge in [0.05, 0.1) is 12.3 Å². The lowest BCUT2D eigenvalue weighted by atomic mass is 9.91. The number of aryl methyl sites for hydroxylation is 1. The molecule has 9 heteroatoms. The SMILES string of the molecule is Cc1ccc(/C(C=N)=N/C(=N)N2CCN(CC(=O)N[C@H]3CC[C@H](NC(C)O)CC3)CC2)cc1. The van der Waals surface area contributed by atoms with E-state index in [0.29, 0.717) is 44.5 Å². The molecule has 2 fully saturated rings. The zero-order chi connectivity index (χ0) is 23.8. The standard InChI is InChI=1S/C24H37N7O2/c1-17-3-5-19(6-4-17)22(15-25)29-24(26)31-13-11-30(12-14-31)16-23(33)28-21-9-7-20(8-10-21)27-18(2)32/h3-6,15,18,20-21,25-27,32H,7-14,16H2,1-2H3,(H,28,33)/b25-15?,26-24?,29-22+/t18?,20-,21-. The topological polar surface area (TPSA) is 128 Å². The first-order valence-corrected chi connectivity index (χ1v) is 11.8. The first-order valence-electron chi connectivity index (χ1n) is 11.8. The molecule has 0 aromatic heterocycles. The van der Waals surface area contributed by atoms with Crippen molar-refractivity contribution in [3.05, 3.63) is 35.4 Å². The molecule has 1 unspecified atom stereocenters. The molecular formula is C24H37N7O2. The molecule has 9 nitrogen and oxygen atoms in total. The van der Waals surface area contributed by atoms with E-state index in [-0.39, 0.29) is 17.9 Å². The molecular weight excluding hydrogens is 418 g/mol. The Morgan fingerprint density at radius 1 is 1.15 bits per heavy atom. The van der Waals surface area contributed by atoms with Crippen LogP contribution in [-0.2, 0) is 4.79 Å². The van der Waals surface area contributed by atoms with Crippen molar-refractivity contribution >= 4 is 23.8 Å². The molecule has 0 radical (unpaired) electrons. The highest BCUT2D eigenvalue weighted by Gasteiger charge is 2.25. The number of rotatable bonds is 7. The lowest BCUT2D eigenvalue weighted by molar-refractivity contribution is -0.123. The van der Waals surface area contributed by atoms with Gasteiger partial charge in [0, 0.05) is 50.0 Å². The Hall–Kier alpha value is -2.62. The fourth-order valence-electron chi connectivity index (χ4n) is 4.43. The minimum absolute atomic E-state index is 0.0500. The van der Waals surface area contributed by atoms with E-state index in [4.69, 9.17) is 10.8 Å². The number of hydrogen-bond acceptors (Lipinski definition) is 6. The average Bonchev–Trinajstić information content (AvgIpc) is 2.79. The minimum atomic E-state index is -0.494. The second kappa shape index (κ2) is 12.0. The van der Waals surface area contributed by atoms with Gasteiger partial charge in [0.25, 0.3) is 0 Å². The summed E-state index contributed by atoms with van der Waals surface area (Å²) in [6.07, 6.45) is 4.46. The van der Waals surface area contributed by atoms with Gasteiger partial charge in [-0.15, -0.1) is 0 Å². The third kappa shape index (κ3) is 7.73. The number of aliphatic hydroxyl groups excluding tert-OH is 1. The summed E-state index contributed by atoms with van der Waals surface area (Å²) in [5.74, 6) is 0.203. The largest absolute Gasteiger partial charge is 0.379 e. The second-order valence-corrected chi connectivity index (χ2v) is 9.05. The van der Waals surface area contributed by atoms with Gasteiger partial charge < -0.3 is 20.7 Å². The second-order valence-electron chi connectivity index (χ2n) is 9.05. The third-order valence-corrected chi connectivity index (χ3v) is 6.32. The van der Waals surface area contributed by atoms with Crippen LogP contribution >= 0.6 is 0 Å². The predicted octanol–water partition coefficient (Wildman–Crippen LogP) is 1.34. The van der Waals surface area contributed by atoms with E-state index in [1.54, 1.807) is 6.92 Å². The molecule has 1 saturated heterocycles. The summed E-state index contributed by atoms with van der Waals surface area (Å²) in [5, 5.41) is 31.8. The number of carbonyl (C=O) groups excluding carboxylic acids is 1. The van der Waals surface area contributed by atoms with Gasteiger partial charge in [0.2, 0.25) is 11.9 Å². The van der Waals surface area contributed by atoms with Crippen LogP contribution in [0.3, 0.4) is 0 Å². The third-order valence-electron chi connectivity index (χ3n) is 6.32. The molecule has 0 bridgehead atoms. The number of carbonyl (C=O) groups is 1. The highest BCUT2D eigenvalue weighted by Crippen LogP contribution is 2.19. The van der Waals surface area contributed by atoms with Gasteiger partial charge in [-0.2, -0.15) is 0 Å². The smallest absolute Gasteiger partial charge is 0.234 e. The molecule has 1 amide bonds. The molecule has 1 aromatic carbocycles. The van der Waals surface area contributed by atoms with E-state index in [9.17, 15) is 9.90 Å². The van der Waals surface area contributed by atoms with Gasteiger partial charge in [-0.1, -0.05) is 29.8 Å². The summed E-state index contributed by atoms with van der Waals surface area (Å²) in [6.45, 7) is 6.76. The average molecular weight is 456 g/mol. The Labute approximate surface area is 196 Å². The number of aliphatic hydroxyl groups is 1. The van der Waals surface area contributed by atoms with Crippen molar-refractivity contribution in [3.8, 4) is 0 Å². The number of guanidine groups is 1. The molecule has 1 aliphatic heterocycles. The first-order chi connectivity index (χ1) is 15.8. The van der Waals surface area contributed by atoms with Gasteiger partial charge in [-0.25, -0.2) is 4.99 Å². The van der Waals surface area contributed by atoms with Crippen molar-refractivity contribution < 1.29 is 9.90 Å². The molecule has 1 aliphatic carbocycles. The lowest BCUT2D eigenvalue weighted by Crippen LogP contribution is -2.52. The van der Waals surface area contributed by atoms with Gasteiger partial charge in [-0.05, 0) is 39.5 Å². The fourth-order valence-corrected chi connectivity index (χ4v) is 4.43. The minimum Gasteiger partial charge on any atom is -0.379 e. The number of benzene rings is 1. The van der Waals surface area contributed by atoms with Crippen LogP contribution in [-0.4, -0.2) is 89.7 Å². The molecule has 1 aromatic rings. The number of nitrogens with one attached hydrogen (secondary N) is 4. The quantitative estimate of drug-likeness (QED) is 0.241. The van der Waals surface area contributed by atoms with Crippen molar-refractivity contribution in [1.82, 2.24) is 20.4 Å². The van der Waals surface area contributed by atoms with Crippen LogP contribution < -0.4 is 10.6 Å². The zero-order valence-corrected chi connectivity index (χ0v) is 19.7. The Balaban J connectivity index is 1.41. The predicted molar refractivity (Wildman–Crippen MR) is 131 cm³/mol. The summed E-state index contributed by atoms with van der Waals surface area (Å²) in [4.78, 5) is 20.9. The van der Waals surface area contributed by atoms with Crippen LogP contribution in [0.1, 0.15) is 43.7 Å². The summed E-state index contributed by atoms with van der Waals surface area (Å²) >= 11 is 0. The van der Waals surface area contributed by atoms with Crippen LogP contribution in [0.25, 0.3) is 0 Å². The van der Waals surface area contributed by atoms with E-state index in [2.05, 4.69) is 20.5 Å². The molecule has 5 N–H and O–H groups in total. The Morgan fingerprint density at radius 2 is 1.76 bits per heavy atom. The van der Waals surface area contributed by atoms with E-state index >= 15 is 0 Å². The van der Waals surface area contributed by atoms with E-state index in [1.165, 1.54) is 6.21 Å². The molecule has 3 rings (SSSR count). The van der Waals surface area contributed by atoms with E-state index < -0.39 is 6.23 Å². The Kier molecular flexibility index (Phi) is 9.11. The fraction of sp³-hybridized carbons (Fsp3) is 0.583. The van der Waals surface area contributed by atoms with Gasteiger partial charge in [0.15, 0.2) is 0 Å².